The molecule has 0 aliphatic carbocycles. The summed E-state index contributed by atoms with van der Waals surface area (Å²) in [7, 11) is 1.87. The summed E-state index contributed by atoms with van der Waals surface area (Å²) in [5.41, 5.74) is 5.45. The van der Waals surface area contributed by atoms with Gasteiger partial charge in [0.25, 0.3) is 0 Å². The molecule has 1 N–H and O–H groups in total. The molecule has 3 aromatic rings. The van der Waals surface area contributed by atoms with Gasteiger partial charge in [0, 0.05) is 37.7 Å². The van der Waals surface area contributed by atoms with Gasteiger partial charge in [-0.25, -0.2) is 9.67 Å². The number of carbonyl (C=O) groups excluding carboxylic acids is 1. The lowest BCUT2D eigenvalue weighted by Crippen LogP contribution is -2.16. The van der Waals surface area contributed by atoms with Crippen molar-refractivity contribution in [3.05, 3.63) is 58.4 Å². The van der Waals surface area contributed by atoms with Crippen molar-refractivity contribution in [3.63, 3.8) is 0 Å². The van der Waals surface area contributed by atoms with Gasteiger partial charge in [0.2, 0.25) is 12.7 Å². The number of anilines is 1. The molecular weight excluding hydrogens is 472 g/mol. The number of aryl methyl sites for hydroxylation is 2. The lowest BCUT2D eigenvalue weighted by atomic mass is 9.91. The maximum Gasteiger partial charge on any atom is 0.306 e. The molecule has 2 aromatic heterocycles. The first-order chi connectivity index (χ1) is 18.0. The first-order valence-electron chi connectivity index (χ1n) is 12.9. The van der Waals surface area contributed by atoms with E-state index in [0.29, 0.717) is 43.4 Å². The van der Waals surface area contributed by atoms with E-state index in [9.17, 15) is 4.79 Å². The molecule has 2 aliphatic rings. The fourth-order valence-electron chi connectivity index (χ4n) is 4.98. The third kappa shape index (κ3) is 5.81. The Bertz CT molecular complexity index is 1270. The molecule has 1 aromatic carbocycles. The first kappa shape index (κ1) is 24.9. The Morgan fingerprint density at radius 2 is 2.05 bits per heavy atom. The second kappa shape index (κ2) is 11.1. The molecule has 0 bridgehead atoms. The summed E-state index contributed by atoms with van der Waals surface area (Å²) in [6, 6.07) is 9.90. The van der Waals surface area contributed by atoms with Crippen LogP contribution in [0.2, 0.25) is 0 Å². The van der Waals surface area contributed by atoms with Crippen LogP contribution in [0.5, 0.6) is 17.4 Å². The Kier molecular flexibility index (Phi) is 7.48. The summed E-state index contributed by atoms with van der Waals surface area (Å²) in [4.78, 5) is 17.2. The van der Waals surface area contributed by atoms with Crippen LogP contribution in [0.3, 0.4) is 0 Å². The molecule has 4 heterocycles. The number of aromatic nitrogens is 3. The molecule has 0 fully saturated rings. The number of fused-ring (bicyclic) bond motifs is 2. The van der Waals surface area contributed by atoms with Gasteiger partial charge in [-0.2, -0.15) is 5.10 Å². The summed E-state index contributed by atoms with van der Waals surface area (Å²) in [6.45, 7) is 5.99. The fourth-order valence-corrected chi connectivity index (χ4v) is 4.98. The summed E-state index contributed by atoms with van der Waals surface area (Å²) < 4.78 is 24.0. The van der Waals surface area contributed by atoms with Crippen LogP contribution in [-0.4, -0.2) is 47.3 Å². The zero-order valence-electron chi connectivity index (χ0n) is 21.7. The van der Waals surface area contributed by atoms with E-state index in [1.807, 2.05) is 38.2 Å². The highest BCUT2D eigenvalue weighted by atomic mass is 16.7. The second-order valence-electron chi connectivity index (χ2n) is 9.51. The standard InChI is InChI=1S/C28H34N4O5/c1-4-34-27(33)15-20(19-7-8-24-25(14-19)37-17-36-24)13-22-16-26(32(3)31-22)35-11-9-21-12-18(2)23-6-5-10-29-28(23)30-21/h7-8,12,14,16,20H,4-6,9-11,13,15,17H2,1-3H3,(H,29,30). The van der Waals surface area contributed by atoms with E-state index in [2.05, 4.69) is 23.4 Å². The highest BCUT2D eigenvalue weighted by Gasteiger charge is 2.23. The maximum absolute atomic E-state index is 12.4. The number of ether oxygens (including phenoxy) is 4. The number of hydrogen-bond acceptors (Lipinski definition) is 8. The lowest BCUT2D eigenvalue weighted by Gasteiger charge is -2.20. The molecule has 0 spiro atoms. The van der Waals surface area contributed by atoms with Gasteiger partial charge < -0.3 is 24.3 Å². The van der Waals surface area contributed by atoms with Crippen LogP contribution in [0.15, 0.2) is 30.3 Å². The quantitative estimate of drug-likeness (QED) is 0.411. The highest BCUT2D eigenvalue weighted by Crippen LogP contribution is 2.36. The molecule has 0 amide bonds. The zero-order valence-corrected chi connectivity index (χ0v) is 21.7. The number of rotatable bonds is 10. The van der Waals surface area contributed by atoms with Crippen LogP contribution in [-0.2, 0) is 35.8 Å². The number of carbonyl (C=O) groups is 1. The van der Waals surface area contributed by atoms with Crippen molar-refractivity contribution in [2.75, 3.05) is 31.9 Å². The molecule has 196 valence electrons. The van der Waals surface area contributed by atoms with Gasteiger partial charge in [0.15, 0.2) is 11.5 Å². The molecule has 9 nitrogen and oxygen atoms in total. The smallest absolute Gasteiger partial charge is 0.306 e. The van der Waals surface area contributed by atoms with Gasteiger partial charge in [-0.05, 0) is 68.0 Å². The van der Waals surface area contributed by atoms with Crippen molar-refractivity contribution < 1.29 is 23.7 Å². The molecule has 37 heavy (non-hydrogen) atoms. The van der Waals surface area contributed by atoms with E-state index in [-0.39, 0.29) is 25.1 Å². The molecule has 1 unspecified atom stereocenters. The van der Waals surface area contributed by atoms with Crippen molar-refractivity contribution in [1.82, 2.24) is 14.8 Å². The molecule has 9 heteroatoms. The van der Waals surface area contributed by atoms with Gasteiger partial charge in [-0.15, -0.1) is 0 Å². The van der Waals surface area contributed by atoms with Crippen LogP contribution in [0.25, 0.3) is 0 Å². The van der Waals surface area contributed by atoms with Gasteiger partial charge >= 0.3 is 5.97 Å². The molecule has 0 radical (unpaired) electrons. The average molecular weight is 507 g/mol. The van der Waals surface area contributed by atoms with Crippen molar-refractivity contribution in [2.24, 2.45) is 7.05 Å². The van der Waals surface area contributed by atoms with Gasteiger partial charge in [0.05, 0.1) is 25.3 Å². The number of benzene rings is 1. The van der Waals surface area contributed by atoms with Gasteiger partial charge in [-0.3, -0.25) is 4.79 Å². The monoisotopic (exact) mass is 506 g/mol. The molecule has 5 rings (SSSR count). The summed E-state index contributed by atoms with van der Waals surface area (Å²) in [6.07, 6.45) is 3.75. The van der Waals surface area contributed by atoms with Gasteiger partial charge in [0.1, 0.15) is 5.82 Å². The molecule has 1 atom stereocenters. The largest absolute Gasteiger partial charge is 0.477 e. The summed E-state index contributed by atoms with van der Waals surface area (Å²) in [5.74, 6) is 2.75. The van der Waals surface area contributed by atoms with E-state index in [1.165, 1.54) is 11.1 Å². The van der Waals surface area contributed by atoms with E-state index in [0.717, 1.165) is 42.2 Å². The van der Waals surface area contributed by atoms with Crippen molar-refractivity contribution in [2.45, 2.75) is 51.9 Å². The Balaban J connectivity index is 1.25. The van der Waals surface area contributed by atoms with E-state index < -0.39 is 0 Å². The van der Waals surface area contributed by atoms with Crippen molar-refractivity contribution >= 4 is 11.8 Å². The fraction of sp³-hybridized carbons (Fsp3) is 0.464. The number of nitrogens with zero attached hydrogens (tertiary/aromatic N) is 3. The normalized spacial score (nSPS) is 14.6. The van der Waals surface area contributed by atoms with Crippen LogP contribution in [0, 0.1) is 6.92 Å². The third-order valence-electron chi connectivity index (χ3n) is 6.83. The van der Waals surface area contributed by atoms with E-state index in [4.69, 9.17) is 23.9 Å². The second-order valence-corrected chi connectivity index (χ2v) is 9.51. The number of pyridine rings is 1. The Morgan fingerprint density at radius 3 is 2.92 bits per heavy atom. The van der Waals surface area contributed by atoms with Crippen LogP contribution < -0.4 is 19.5 Å². The summed E-state index contributed by atoms with van der Waals surface area (Å²) >= 11 is 0. The lowest BCUT2D eigenvalue weighted by molar-refractivity contribution is -0.143. The van der Waals surface area contributed by atoms with Crippen molar-refractivity contribution in [1.29, 1.82) is 0 Å². The third-order valence-corrected chi connectivity index (χ3v) is 6.83. The Morgan fingerprint density at radius 1 is 1.19 bits per heavy atom. The van der Waals surface area contributed by atoms with Gasteiger partial charge in [-0.1, -0.05) is 6.07 Å². The highest BCUT2D eigenvalue weighted by molar-refractivity contribution is 5.70. The van der Waals surface area contributed by atoms with E-state index >= 15 is 0 Å². The molecule has 2 aliphatic heterocycles. The van der Waals surface area contributed by atoms with Crippen LogP contribution in [0.4, 0.5) is 5.82 Å². The molecular formula is C28H34N4O5. The molecule has 0 saturated carbocycles. The minimum atomic E-state index is -0.236. The van der Waals surface area contributed by atoms with Crippen LogP contribution >= 0.6 is 0 Å². The maximum atomic E-state index is 12.4. The minimum absolute atomic E-state index is 0.119. The Hall–Kier alpha value is -3.75. The summed E-state index contributed by atoms with van der Waals surface area (Å²) in [5, 5.41) is 8.07. The average Bonchev–Trinajstić information content (AvgIpc) is 3.49. The Labute approximate surface area is 217 Å². The topological polar surface area (TPSA) is 96.7 Å². The number of hydrogen-bond donors (Lipinski definition) is 1. The minimum Gasteiger partial charge on any atom is -0.477 e. The number of nitrogens with one attached hydrogen (secondary N) is 1. The predicted octanol–water partition coefficient (Wildman–Crippen LogP) is 4.11. The van der Waals surface area contributed by atoms with Crippen LogP contribution in [0.1, 0.15) is 53.8 Å². The predicted molar refractivity (Wildman–Crippen MR) is 138 cm³/mol. The van der Waals surface area contributed by atoms with E-state index in [1.54, 1.807) is 4.68 Å². The number of esters is 1. The zero-order chi connectivity index (χ0) is 25.8. The molecule has 0 saturated heterocycles. The SMILES string of the molecule is CCOC(=O)CC(Cc1cc(OCCc2cc(C)c3c(n2)NCCC3)n(C)n1)c1ccc2c(c1)OCO2. The first-order valence-corrected chi connectivity index (χ1v) is 12.9. The van der Waals surface area contributed by atoms with Crippen molar-refractivity contribution in [3.8, 4) is 17.4 Å².